The van der Waals surface area contributed by atoms with E-state index >= 15 is 0 Å². The molecule has 0 saturated heterocycles. The van der Waals surface area contributed by atoms with E-state index in [4.69, 9.17) is 14.2 Å². The minimum Gasteiger partial charge on any atom is -0.496 e. The zero-order chi connectivity index (χ0) is 18.9. The summed E-state index contributed by atoms with van der Waals surface area (Å²) in [4.78, 5) is 11.9. The van der Waals surface area contributed by atoms with Crippen LogP contribution in [0.2, 0.25) is 0 Å². The smallest absolute Gasteiger partial charge is 0.337 e. The topological polar surface area (TPSA) is 65.0 Å². The number of hydrogen-bond donors (Lipinski definition) is 1. The van der Waals surface area contributed by atoms with Crippen LogP contribution in [-0.2, 0) is 11.2 Å². The monoisotopic (exact) mass is 358 g/mol. The van der Waals surface area contributed by atoms with E-state index < -0.39 is 5.97 Å². The summed E-state index contributed by atoms with van der Waals surface area (Å²) in [6.45, 7) is 2.79. The summed E-state index contributed by atoms with van der Waals surface area (Å²) in [6, 6.07) is 11.0. The van der Waals surface area contributed by atoms with Gasteiger partial charge in [0.2, 0.25) is 0 Å². The predicted molar refractivity (Wildman–Crippen MR) is 101 cm³/mol. The van der Waals surface area contributed by atoms with Gasteiger partial charge in [0.25, 0.3) is 0 Å². The largest absolute Gasteiger partial charge is 0.496 e. The Morgan fingerprint density at radius 2 is 1.88 bits per heavy atom. The van der Waals surface area contributed by atoms with E-state index in [2.05, 4.69) is 6.92 Å². The van der Waals surface area contributed by atoms with Crippen molar-refractivity contribution < 1.29 is 24.1 Å². The van der Waals surface area contributed by atoms with Crippen molar-refractivity contribution in [1.29, 1.82) is 0 Å². The van der Waals surface area contributed by atoms with Gasteiger partial charge in [-0.3, -0.25) is 0 Å². The number of aliphatic hydroxyl groups excluding tert-OH is 1. The van der Waals surface area contributed by atoms with Crippen LogP contribution >= 0.6 is 0 Å². The highest BCUT2D eigenvalue weighted by molar-refractivity contribution is 5.92. The zero-order valence-electron chi connectivity index (χ0n) is 15.6. The molecule has 5 heteroatoms. The van der Waals surface area contributed by atoms with Crippen LogP contribution in [-0.4, -0.2) is 38.5 Å². The lowest BCUT2D eigenvalue weighted by Crippen LogP contribution is -2.04. The number of esters is 1. The molecule has 0 aliphatic carbocycles. The fourth-order valence-electron chi connectivity index (χ4n) is 2.73. The zero-order valence-corrected chi connectivity index (χ0v) is 15.6. The number of carbonyl (C=O) groups excluding carboxylic acids is 1. The number of carbonyl (C=O) groups is 1. The molecule has 1 N–H and O–H groups in total. The van der Waals surface area contributed by atoms with Crippen LogP contribution in [0.25, 0.3) is 11.1 Å². The van der Waals surface area contributed by atoms with Crippen molar-refractivity contribution in [3.8, 4) is 22.6 Å². The Morgan fingerprint density at radius 1 is 1.08 bits per heavy atom. The van der Waals surface area contributed by atoms with Crippen molar-refractivity contribution in [2.45, 2.75) is 26.2 Å². The Hall–Kier alpha value is -2.53. The molecule has 140 valence electrons. The van der Waals surface area contributed by atoms with E-state index in [1.54, 1.807) is 19.2 Å². The first-order chi connectivity index (χ1) is 12.6. The Bertz CT molecular complexity index is 739. The summed E-state index contributed by atoms with van der Waals surface area (Å²) in [5.41, 5.74) is 3.05. The van der Waals surface area contributed by atoms with Gasteiger partial charge in [-0.1, -0.05) is 19.4 Å². The van der Waals surface area contributed by atoms with Crippen LogP contribution in [0.4, 0.5) is 0 Å². The summed E-state index contributed by atoms with van der Waals surface area (Å²) in [5, 5.41) is 9.36. The predicted octanol–water partition coefficient (Wildman–Crippen LogP) is 3.86. The van der Waals surface area contributed by atoms with Crippen molar-refractivity contribution in [1.82, 2.24) is 0 Å². The molecule has 2 rings (SSSR count). The Balaban J connectivity index is 2.45. The molecule has 0 saturated carbocycles. The van der Waals surface area contributed by atoms with Gasteiger partial charge in [-0.25, -0.2) is 4.79 Å². The molecule has 0 heterocycles. The third-order valence-corrected chi connectivity index (χ3v) is 4.14. The average Bonchev–Trinajstić information content (AvgIpc) is 2.68. The van der Waals surface area contributed by atoms with Crippen molar-refractivity contribution in [2.24, 2.45) is 0 Å². The molecule has 0 unspecified atom stereocenters. The van der Waals surface area contributed by atoms with Crippen LogP contribution in [0.5, 0.6) is 11.5 Å². The van der Waals surface area contributed by atoms with Gasteiger partial charge in [-0.2, -0.15) is 0 Å². The molecule has 0 amide bonds. The number of unbranched alkanes of at least 4 members (excludes halogenated alkanes) is 1. The maximum atomic E-state index is 11.9. The molecule has 5 nitrogen and oxygen atoms in total. The van der Waals surface area contributed by atoms with Gasteiger partial charge >= 0.3 is 5.97 Å². The van der Waals surface area contributed by atoms with Crippen LogP contribution in [0.3, 0.4) is 0 Å². The molecular weight excluding hydrogens is 332 g/mol. The highest BCUT2D eigenvalue weighted by atomic mass is 16.5. The van der Waals surface area contributed by atoms with Gasteiger partial charge in [0.1, 0.15) is 11.5 Å². The van der Waals surface area contributed by atoms with Gasteiger partial charge in [0.05, 0.1) is 26.4 Å². The van der Waals surface area contributed by atoms with Crippen molar-refractivity contribution in [3.05, 3.63) is 47.5 Å². The maximum absolute atomic E-state index is 11.9. The van der Waals surface area contributed by atoms with Crippen LogP contribution in [0.15, 0.2) is 36.4 Å². The number of methoxy groups -OCH3 is 2. The van der Waals surface area contributed by atoms with Crippen molar-refractivity contribution in [3.63, 3.8) is 0 Å². The first-order valence-corrected chi connectivity index (χ1v) is 8.77. The summed E-state index contributed by atoms with van der Waals surface area (Å²) < 4.78 is 16.1. The van der Waals surface area contributed by atoms with Gasteiger partial charge in [-0.05, 0) is 48.2 Å². The van der Waals surface area contributed by atoms with Crippen LogP contribution < -0.4 is 9.47 Å². The molecule has 2 aromatic carbocycles. The first kappa shape index (κ1) is 19.8. The van der Waals surface area contributed by atoms with E-state index in [-0.39, 0.29) is 6.61 Å². The Morgan fingerprint density at radius 3 is 2.54 bits per heavy atom. The molecule has 0 aromatic heterocycles. The maximum Gasteiger partial charge on any atom is 0.337 e. The number of hydrogen-bond acceptors (Lipinski definition) is 5. The molecule has 0 aliphatic rings. The van der Waals surface area contributed by atoms with Crippen molar-refractivity contribution in [2.75, 3.05) is 27.4 Å². The Kier molecular flexibility index (Phi) is 7.48. The lowest BCUT2D eigenvalue weighted by molar-refractivity contribution is 0.0601. The minimum atomic E-state index is -0.403. The number of benzene rings is 2. The summed E-state index contributed by atoms with van der Waals surface area (Å²) in [5.74, 6) is 0.993. The standard InChI is InChI=1S/C21H26O5/c1-4-5-12-26-17-8-9-18(20(14-17)24-2)19-13-16(21(23)25-3)7-6-15(19)10-11-22/h6-9,13-14,22H,4-5,10-12H2,1-3H3. The SMILES string of the molecule is CCCCOc1ccc(-c2cc(C(=O)OC)ccc2CCO)c(OC)c1. The number of rotatable bonds is 9. The molecular formula is C21H26O5. The quantitative estimate of drug-likeness (QED) is 0.545. The second kappa shape index (κ2) is 9.82. The molecule has 26 heavy (non-hydrogen) atoms. The highest BCUT2D eigenvalue weighted by Crippen LogP contribution is 2.36. The Labute approximate surface area is 154 Å². The first-order valence-electron chi connectivity index (χ1n) is 8.77. The second-order valence-corrected chi connectivity index (χ2v) is 5.90. The molecule has 0 aliphatic heterocycles. The van der Waals surface area contributed by atoms with Gasteiger partial charge < -0.3 is 19.3 Å². The normalized spacial score (nSPS) is 10.5. The molecule has 0 fully saturated rings. The third-order valence-electron chi connectivity index (χ3n) is 4.14. The molecule has 2 aromatic rings. The second-order valence-electron chi connectivity index (χ2n) is 5.90. The van der Waals surface area contributed by atoms with Gasteiger partial charge in [0.15, 0.2) is 0 Å². The fourth-order valence-corrected chi connectivity index (χ4v) is 2.73. The van der Waals surface area contributed by atoms with Crippen LogP contribution in [0, 0.1) is 0 Å². The number of aliphatic hydroxyl groups is 1. The molecule has 0 spiro atoms. The summed E-state index contributed by atoms with van der Waals surface area (Å²) >= 11 is 0. The fraction of sp³-hybridized carbons (Fsp3) is 0.381. The van der Waals surface area contributed by atoms with E-state index in [9.17, 15) is 9.90 Å². The molecule has 0 radical (unpaired) electrons. The van der Waals surface area contributed by atoms with E-state index in [0.29, 0.717) is 24.3 Å². The number of ether oxygens (including phenoxy) is 3. The summed E-state index contributed by atoms with van der Waals surface area (Å²) in [7, 11) is 2.96. The molecule has 0 bridgehead atoms. The lowest BCUT2D eigenvalue weighted by atomic mass is 9.94. The van der Waals surface area contributed by atoms with E-state index in [1.807, 2.05) is 24.3 Å². The van der Waals surface area contributed by atoms with E-state index in [0.717, 1.165) is 35.3 Å². The summed E-state index contributed by atoms with van der Waals surface area (Å²) in [6.07, 6.45) is 2.54. The minimum absolute atomic E-state index is 0.0189. The van der Waals surface area contributed by atoms with Gasteiger partial charge in [0, 0.05) is 18.2 Å². The molecule has 0 atom stereocenters. The van der Waals surface area contributed by atoms with Crippen LogP contribution in [0.1, 0.15) is 35.7 Å². The van der Waals surface area contributed by atoms with Crippen molar-refractivity contribution >= 4 is 5.97 Å². The van der Waals surface area contributed by atoms with E-state index in [1.165, 1.54) is 7.11 Å². The lowest BCUT2D eigenvalue weighted by Gasteiger charge is -2.15. The third kappa shape index (κ3) is 4.76. The highest BCUT2D eigenvalue weighted by Gasteiger charge is 2.15. The average molecular weight is 358 g/mol. The van der Waals surface area contributed by atoms with Gasteiger partial charge in [-0.15, -0.1) is 0 Å².